The Bertz CT molecular complexity index is 671. The minimum atomic E-state index is -0.0319. The summed E-state index contributed by atoms with van der Waals surface area (Å²) in [6, 6.07) is 10.1. The number of fused-ring (bicyclic) bond motifs is 1. The smallest absolute Gasteiger partial charge is 0.160 e. The maximum absolute atomic E-state index is 6.76. The minimum absolute atomic E-state index is 0.0319. The second-order valence-electron chi connectivity index (χ2n) is 6.13. The van der Waals surface area contributed by atoms with Crippen LogP contribution in [0.3, 0.4) is 0 Å². The third-order valence-electron chi connectivity index (χ3n) is 4.72. The number of hydrogen-bond acceptors (Lipinski definition) is 4. The second kappa shape index (κ2) is 5.43. The first-order valence-electron chi connectivity index (χ1n) is 7.86. The van der Waals surface area contributed by atoms with Gasteiger partial charge in [-0.3, -0.25) is 10.4 Å². The van der Waals surface area contributed by atoms with Crippen molar-refractivity contribution in [2.45, 2.75) is 31.8 Å². The van der Waals surface area contributed by atoms with Gasteiger partial charge in [-0.05, 0) is 12.8 Å². The molecule has 22 heavy (non-hydrogen) atoms. The lowest BCUT2D eigenvalue weighted by atomic mass is 9.92. The van der Waals surface area contributed by atoms with Crippen LogP contribution in [0.4, 0.5) is 0 Å². The molecule has 0 aromatic heterocycles. The Labute approximate surface area is 135 Å². The van der Waals surface area contributed by atoms with Gasteiger partial charge in [-0.25, -0.2) is 0 Å². The molecule has 1 unspecified atom stereocenters. The molecule has 5 heteroatoms. The molecule has 1 fully saturated rings. The van der Waals surface area contributed by atoms with E-state index in [-0.39, 0.29) is 6.17 Å². The number of rotatable bonds is 2. The average Bonchev–Trinajstić information content (AvgIpc) is 3.17. The van der Waals surface area contributed by atoms with E-state index in [1.165, 1.54) is 25.7 Å². The fourth-order valence-corrected chi connectivity index (χ4v) is 3.93. The van der Waals surface area contributed by atoms with Crippen LogP contribution >= 0.6 is 11.6 Å². The van der Waals surface area contributed by atoms with Gasteiger partial charge in [-0.1, -0.05) is 54.8 Å². The molecule has 0 saturated heterocycles. The van der Waals surface area contributed by atoms with Crippen molar-refractivity contribution >= 4 is 23.0 Å². The Morgan fingerprint density at radius 2 is 1.91 bits per heavy atom. The summed E-state index contributed by atoms with van der Waals surface area (Å²) in [5, 5.41) is 11.9. The summed E-state index contributed by atoms with van der Waals surface area (Å²) in [5.74, 6) is 0.535. The maximum atomic E-state index is 6.76. The summed E-state index contributed by atoms with van der Waals surface area (Å²) in [4.78, 5) is 0. The molecular weight excluding hydrogens is 296 g/mol. The van der Waals surface area contributed by atoms with E-state index in [9.17, 15) is 0 Å². The number of hydrogen-bond donors (Lipinski definition) is 1. The highest BCUT2D eigenvalue weighted by atomic mass is 35.5. The first kappa shape index (κ1) is 13.8. The molecule has 3 aliphatic rings. The van der Waals surface area contributed by atoms with Gasteiger partial charge in [0.15, 0.2) is 6.17 Å². The fourth-order valence-electron chi connectivity index (χ4n) is 3.58. The van der Waals surface area contributed by atoms with Crippen LogP contribution in [0.25, 0.3) is 0 Å². The van der Waals surface area contributed by atoms with Crippen molar-refractivity contribution in [2.75, 3.05) is 7.05 Å². The van der Waals surface area contributed by atoms with E-state index in [1.54, 1.807) is 0 Å². The Hall–Kier alpha value is -1.81. The van der Waals surface area contributed by atoms with Crippen molar-refractivity contribution in [3.8, 4) is 0 Å². The minimum Gasteiger partial charge on any atom is -0.281 e. The van der Waals surface area contributed by atoms with Crippen molar-refractivity contribution < 1.29 is 0 Å². The van der Waals surface area contributed by atoms with E-state index < -0.39 is 0 Å². The first-order valence-corrected chi connectivity index (χ1v) is 8.24. The molecule has 0 spiro atoms. The number of halogens is 1. The van der Waals surface area contributed by atoms with Crippen LogP contribution in [0.15, 0.2) is 51.1 Å². The second-order valence-corrected chi connectivity index (χ2v) is 6.50. The zero-order valence-electron chi connectivity index (χ0n) is 12.6. The number of nitrogens with one attached hydrogen (secondary N) is 1. The van der Waals surface area contributed by atoms with Crippen LogP contribution in [0, 0.1) is 5.92 Å². The van der Waals surface area contributed by atoms with Crippen LogP contribution in [0.5, 0.6) is 0 Å². The molecule has 1 aromatic rings. The highest BCUT2D eigenvalue weighted by Gasteiger charge is 2.39. The molecule has 114 valence electrons. The normalized spacial score (nSPS) is 25.0. The van der Waals surface area contributed by atoms with Gasteiger partial charge in [-0.2, -0.15) is 10.2 Å². The Kier molecular flexibility index (Phi) is 3.41. The Morgan fingerprint density at radius 3 is 2.64 bits per heavy atom. The SMILES string of the molecule is CN1N=C(C2CCCC2)C2=C(Cl)C(c3ccccc3)=NNC21. The van der Waals surface area contributed by atoms with E-state index in [4.69, 9.17) is 16.7 Å². The number of nitrogens with zero attached hydrogens (tertiary/aromatic N) is 3. The largest absolute Gasteiger partial charge is 0.281 e. The van der Waals surface area contributed by atoms with Gasteiger partial charge >= 0.3 is 0 Å². The van der Waals surface area contributed by atoms with Crippen LogP contribution in [0.1, 0.15) is 31.2 Å². The zero-order chi connectivity index (χ0) is 15.1. The van der Waals surface area contributed by atoms with E-state index >= 15 is 0 Å². The molecular formula is C17H19ClN4. The molecule has 2 heterocycles. The van der Waals surface area contributed by atoms with Crippen LogP contribution in [-0.4, -0.2) is 29.6 Å². The van der Waals surface area contributed by atoms with E-state index in [0.717, 1.165) is 27.6 Å². The molecule has 0 bridgehead atoms. The molecule has 1 aromatic carbocycles. The van der Waals surface area contributed by atoms with Gasteiger partial charge in [0, 0.05) is 24.1 Å². The van der Waals surface area contributed by atoms with E-state index in [0.29, 0.717) is 5.92 Å². The van der Waals surface area contributed by atoms with Gasteiger partial charge in [-0.15, -0.1) is 0 Å². The monoisotopic (exact) mass is 314 g/mol. The highest BCUT2D eigenvalue weighted by Crippen LogP contribution is 2.37. The van der Waals surface area contributed by atoms with Crippen molar-refractivity contribution in [2.24, 2.45) is 16.1 Å². The molecule has 4 rings (SSSR count). The lowest BCUT2D eigenvalue weighted by Crippen LogP contribution is -2.41. The molecule has 1 saturated carbocycles. The third-order valence-corrected chi connectivity index (χ3v) is 5.10. The molecule has 0 radical (unpaired) electrons. The Morgan fingerprint density at radius 1 is 1.18 bits per heavy atom. The van der Waals surface area contributed by atoms with Crippen LogP contribution < -0.4 is 5.43 Å². The van der Waals surface area contributed by atoms with Crippen molar-refractivity contribution in [1.29, 1.82) is 0 Å². The van der Waals surface area contributed by atoms with Crippen LogP contribution in [0.2, 0.25) is 0 Å². The van der Waals surface area contributed by atoms with Gasteiger partial charge in [0.25, 0.3) is 0 Å². The topological polar surface area (TPSA) is 40.0 Å². The molecule has 4 nitrogen and oxygen atoms in total. The third kappa shape index (κ3) is 2.13. The first-order chi connectivity index (χ1) is 10.8. The van der Waals surface area contributed by atoms with Gasteiger partial charge in [0.2, 0.25) is 0 Å². The number of allylic oxidation sites excluding steroid dienone is 1. The average molecular weight is 315 g/mol. The maximum Gasteiger partial charge on any atom is 0.160 e. The lowest BCUT2D eigenvalue weighted by molar-refractivity contribution is 0.269. The molecule has 2 aliphatic heterocycles. The molecule has 0 amide bonds. The number of likely N-dealkylation sites (N-methyl/N-ethyl adjacent to an activating group) is 1. The number of benzene rings is 1. The summed E-state index contributed by atoms with van der Waals surface area (Å²) in [6.45, 7) is 0. The highest BCUT2D eigenvalue weighted by molar-refractivity contribution is 6.48. The predicted octanol–water partition coefficient (Wildman–Crippen LogP) is 3.30. The predicted molar refractivity (Wildman–Crippen MR) is 89.9 cm³/mol. The fraction of sp³-hybridized carbons (Fsp3) is 0.412. The quantitative estimate of drug-likeness (QED) is 0.910. The zero-order valence-corrected chi connectivity index (χ0v) is 13.3. The lowest BCUT2D eigenvalue weighted by Gasteiger charge is -2.26. The Balaban J connectivity index is 1.76. The standard InChI is InChI=1S/C17H19ClN4/c1-22-17-13(15(21-22)11-9-5-6-10-11)14(18)16(19-20-17)12-7-3-2-4-8-12/h2-4,7-8,11,17,20H,5-6,9-10H2,1H3. The summed E-state index contributed by atoms with van der Waals surface area (Å²) in [7, 11) is 1.98. The van der Waals surface area contributed by atoms with Crippen molar-refractivity contribution in [3.05, 3.63) is 46.5 Å². The number of hydrazone groups is 2. The van der Waals surface area contributed by atoms with Crippen LogP contribution in [-0.2, 0) is 0 Å². The summed E-state index contributed by atoms with van der Waals surface area (Å²) in [6.07, 6.45) is 4.97. The summed E-state index contributed by atoms with van der Waals surface area (Å²) < 4.78 is 0. The van der Waals surface area contributed by atoms with Gasteiger partial charge < -0.3 is 0 Å². The molecule has 1 atom stereocenters. The van der Waals surface area contributed by atoms with E-state index in [1.807, 2.05) is 42.4 Å². The summed E-state index contributed by atoms with van der Waals surface area (Å²) in [5.41, 5.74) is 7.34. The van der Waals surface area contributed by atoms with Gasteiger partial charge in [0.1, 0.15) is 5.71 Å². The van der Waals surface area contributed by atoms with Crippen molar-refractivity contribution in [3.63, 3.8) is 0 Å². The summed E-state index contributed by atoms with van der Waals surface area (Å²) >= 11 is 6.76. The van der Waals surface area contributed by atoms with E-state index in [2.05, 4.69) is 10.5 Å². The van der Waals surface area contributed by atoms with Crippen molar-refractivity contribution in [1.82, 2.24) is 10.4 Å². The molecule has 1 N–H and O–H groups in total. The van der Waals surface area contributed by atoms with Gasteiger partial charge in [0.05, 0.1) is 10.7 Å². The molecule has 1 aliphatic carbocycles.